The van der Waals surface area contributed by atoms with Crippen LogP contribution in [0.4, 0.5) is 0 Å². The largest absolute Gasteiger partial charge is 0.389 e. The number of methoxy groups -OCH3 is 1. The van der Waals surface area contributed by atoms with Gasteiger partial charge in [-0.05, 0) is 6.42 Å². The van der Waals surface area contributed by atoms with Gasteiger partial charge in [-0.2, -0.15) is 0 Å². The highest BCUT2D eigenvalue weighted by Gasteiger charge is 2.19. The highest BCUT2D eigenvalue weighted by atomic mass is 35.5. The zero-order valence-electron chi connectivity index (χ0n) is 10.2. The minimum absolute atomic E-state index is 0. The fourth-order valence-electron chi connectivity index (χ4n) is 1.37. The summed E-state index contributed by atoms with van der Waals surface area (Å²) in [6.45, 7) is 2.46. The lowest BCUT2D eigenvalue weighted by Gasteiger charge is -2.23. The van der Waals surface area contributed by atoms with E-state index in [-0.39, 0.29) is 31.5 Å². The van der Waals surface area contributed by atoms with Gasteiger partial charge in [0.2, 0.25) is 5.91 Å². The zero-order chi connectivity index (χ0) is 11.8. The van der Waals surface area contributed by atoms with Gasteiger partial charge < -0.3 is 20.5 Å². The van der Waals surface area contributed by atoms with Gasteiger partial charge in [0.25, 0.3) is 0 Å². The number of hydrogen-bond donors (Lipinski definition) is 2. The third kappa shape index (κ3) is 7.00. The Morgan fingerprint density at radius 1 is 1.56 bits per heavy atom. The smallest absolute Gasteiger partial charge is 0.239 e. The fourth-order valence-corrected chi connectivity index (χ4v) is 1.37. The molecule has 0 aliphatic heterocycles. The van der Waals surface area contributed by atoms with Gasteiger partial charge in [0, 0.05) is 20.7 Å². The number of aliphatic hydroxyl groups excluding tert-OH is 1. The molecular weight excluding hydrogens is 232 g/mol. The summed E-state index contributed by atoms with van der Waals surface area (Å²) in [7, 11) is 3.14. The van der Waals surface area contributed by atoms with Crippen molar-refractivity contribution in [1.29, 1.82) is 0 Å². The lowest BCUT2D eigenvalue weighted by Crippen LogP contribution is -2.45. The monoisotopic (exact) mass is 254 g/mol. The first-order valence-electron chi connectivity index (χ1n) is 5.20. The van der Waals surface area contributed by atoms with Crippen LogP contribution in [0.25, 0.3) is 0 Å². The standard InChI is InChI=1S/C10H22N2O3.ClH/c1-4-5-9(11)10(14)12(2)6-8(13)7-15-3;/h8-9,13H,4-7,11H2,1-3H3;1H. The second-order valence-electron chi connectivity index (χ2n) is 3.72. The van der Waals surface area contributed by atoms with E-state index in [2.05, 4.69) is 0 Å². The average molecular weight is 255 g/mol. The number of nitrogens with zero attached hydrogens (tertiary/aromatic N) is 1. The lowest BCUT2D eigenvalue weighted by molar-refractivity contribution is -0.133. The Labute approximate surface area is 103 Å². The minimum atomic E-state index is -0.655. The first-order valence-corrected chi connectivity index (χ1v) is 5.20. The number of likely N-dealkylation sites (N-methyl/N-ethyl adjacent to an activating group) is 1. The van der Waals surface area contributed by atoms with E-state index in [1.54, 1.807) is 7.05 Å². The third-order valence-electron chi connectivity index (χ3n) is 2.14. The molecule has 1 amide bonds. The SMILES string of the molecule is CCCC(N)C(=O)N(C)CC(O)COC.Cl. The molecule has 5 nitrogen and oxygen atoms in total. The predicted molar refractivity (Wildman–Crippen MR) is 65.7 cm³/mol. The van der Waals surface area contributed by atoms with Crippen LogP contribution in [0.15, 0.2) is 0 Å². The summed E-state index contributed by atoms with van der Waals surface area (Å²) in [6.07, 6.45) is 0.892. The summed E-state index contributed by atoms with van der Waals surface area (Å²) >= 11 is 0. The topological polar surface area (TPSA) is 75.8 Å². The van der Waals surface area contributed by atoms with Crippen molar-refractivity contribution in [3.63, 3.8) is 0 Å². The molecule has 0 saturated heterocycles. The molecular formula is C10H23ClN2O3. The van der Waals surface area contributed by atoms with Gasteiger partial charge in [0.15, 0.2) is 0 Å². The molecule has 0 aromatic carbocycles. The van der Waals surface area contributed by atoms with E-state index in [0.29, 0.717) is 6.42 Å². The molecule has 0 spiro atoms. The molecule has 16 heavy (non-hydrogen) atoms. The van der Waals surface area contributed by atoms with Crippen molar-refractivity contribution in [3.05, 3.63) is 0 Å². The summed E-state index contributed by atoms with van der Waals surface area (Å²) < 4.78 is 4.77. The van der Waals surface area contributed by atoms with E-state index in [0.717, 1.165) is 6.42 Å². The highest BCUT2D eigenvalue weighted by Crippen LogP contribution is 1.99. The van der Waals surface area contributed by atoms with E-state index in [1.807, 2.05) is 6.92 Å². The molecule has 98 valence electrons. The number of ether oxygens (including phenoxy) is 1. The maximum atomic E-state index is 11.6. The van der Waals surface area contributed by atoms with E-state index in [9.17, 15) is 9.90 Å². The Bertz CT molecular complexity index is 193. The maximum Gasteiger partial charge on any atom is 0.239 e. The van der Waals surface area contributed by atoms with Gasteiger partial charge in [-0.25, -0.2) is 0 Å². The van der Waals surface area contributed by atoms with Gasteiger partial charge >= 0.3 is 0 Å². The number of carbonyl (C=O) groups excluding carboxylic acids is 1. The van der Waals surface area contributed by atoms with Crippen LogP contribution in [-0.2, 0) is 9.53 Å². The Kier molecular flexibility index (Phi) is 11.1. The summed E-state index contributed by atoms with van der Waals surface area (Å²) in [5.41, 5.74) is 5.67. The van der Waals surface area contributed by atoms with Crippen molar-refractivity contribution in [2.75, 3.05) is 27.3 Å². The first-order chi connectivity index (χ1) is 7.02. The van der Waals surface area contributed by atoms with Crippen LogP contribution in [0.5, 0.6) is 0 Å². The molecule has 0 aromatic rings. The molecule has 0 bridgehead atoms. The second kappa shape index (κ2) is 9.84. The predicted octanol–water partition coefficient (Wildman–Crippen LogP) is 0.00130. The fraction of sp³-hybridized carbons (Fsp3) is 0.900. The molecule has 0 aliphatic rings. The Hall–Kier alpha value is -0.360. The number of halogens is 1. The Morgan fingerprint density at radius 3 is 2.56 bits per heavy atom. The van der Waals surface area contributed by atoms with Gasteiger partial charge in [0.05, 0.1) is 18.8 Å². The van der Waals surface area contributed by atoms with Crippen molar-refractivity contribution in [2.45, 2.75) is 31.9 Å². The summed E-state index contributed by atoms with van der Waals surface area (Å²) in [4.78, 5) is 13.1. The number of nitrogens with two attached hydrogens (primary N) is 1. The lowest BCUT2D eigenvalue weighted by atomic mass is 10.1. The molecule has 2 atom stereocenters. The molecule has 0 rings (SSSR count). The summed E-state index contributed by atoms with van der Waals surface area (Å²) in [5, 5.41) is 9.42. The van der Waals surface area contributed by atoms with E-state index >= 15 is 0 Å². The second-order valence-corrected chi connectivity index (χ2v) is 3.72. The molecule has 0 saturated carbocycles. The summed E-state index contributed by atoms with van der Waals surface area (Å²) in [5.74, 6) is -0.132. The molecule has 0 aromatic heterocycles. The molecule has 0 aliphatic carbocycles. The molecule has 2 unspecified atom stereocenters. The van der Waals surface area contributed by atoms with Crippen molar-refractivity contribution < 1.29 is 14.6 Å². The van der Waals surface area contributed by atoms with Crippen molar-refractivity contribution >= 4 is 18.3 Å². The average Bonchev–Trinajstić information content (AvgIpc) is 2.17. The number of aliphatic hydroxyl groups is 1. The van der Waals surface area contributed by atoms with Gasteiger partial charge in [-0.1, -0.05) is 13.3 Å². The Balaban J connectivity index is 0. The van der Waals surface area contributed by atoms with Gasteiger partial charge in [-0.3, -0.25) is 4.79 Å². The van der Waals surface area contributed by atoms with Crippen LogP contribution < -0.4 is 5.73 Å². The maximum absolute atomic E-state index is 11.6. The van der Waals surface area contributed by atoms with E-state index in [1.165, 1.54) is 12.0 Å². The molecule has 6 heteroatoms. The highest BCUT2D eigenvalue weighted by molar-refractivity contribution is 5.85. The molecule has 3 N–H and O–H groups in total. The molecule has 0 heterocycles. The number of carbonyl (C=O) groups is 1. The van der Waals surface area contributed by atoms with E-state index in [4.69, 9.17) is 10.5 Å². The van der Waals surface area contributed by atoms with Crippen LogP contribution in [0.2, 0.25) is 0 Å². The quantitative estimate of drug-likeness (QED) is 0.671. The molecule has 0 fully saturated rings. The number of amides is 1. The van der Waals surface area contributed by atoms with Crippen LogP contribution in [-0.4, -0.2) is 55.4 Å². The van der Waals surface area contributed by atoms with Crippen molar-refractivity contribution in [2.24, 2.45) is 5.73 Å². The van der Waals surface area contributed by atoms with Crippen molar-refractivity contribution in [3.8, 4) is 0 Å². The van der Waals surface area contributed by atoms with Gasteiger partial charge in [0.1, 0.15) is 0 Å². The normalized spacial score (nSPS) is 13.8. The van der Waals surface area contributed by atoms with Crippen LogP contribution >= 0.6 is 12.4 Å². The third-order valence-corrected chi connectivity index (χ3v) is 2.14. The van der Waals surface area contributed by atoms with Crippen molar-refractivity contribution in [1.82, 2.24) is 4.90 Å². The van der Waals surface area contributed by atoms with Crippen LogP contribution in [0.1, 0.15) is 19.8 Å². The number of rotatable bonds is 7. The summed E-state index contributed by atoms with van der Waals surface area (Å²) in [6, 6.07) is -0.463. The van der Waals surface area contributed by atoms with Crippen LogP contribution in [0.3, 0.4) is 0 Å². The minimum Gasteiger partial charge on any atom is -0.389 e. The number of hydrogen-bond acceptors (Lipinski definition) is 4. The zero-order valence-corrected chi connectivity index (χ0v) is 11.0. The first kappa shape index (κ1) is 18.0. The molecule has 0 radical (unpaired) electrons. The Morgan fingerprint density at radius 2 is 2.12 bits per heavy atom. The van der Waals surface area contributed by atoms with E-state index < -0.39 is 12.1 Å². The van der Waals surface area contributed by atoms with Gasteiger partial charge in [-0.15, -0.1) is 12.4 Å². The van der Waals surface area contributed by atoms with Crippen LogP contribution in [0, 0.1) is 0 Å².